The molecule has 0 fully saturated rings. The number of amides is 1. The number of nitrogens with zero attached hydrogens (tertiary/aromatic N) is 1. The highest BCUT2D eigenvalue weighted by atomic mass is 16.5. The van der Waals surface area contributed by atoms with Gasteiger partial charge in [-0.15, -0.1) is 0 Å². The Morgan fingerprint density at radius 2 is 2.10 bits per heavy atom. The number of aromatic nitrogens is 1. The number of ether oxygens (including phenoxy) is 1. The Balaban J connectivity index is 2.83. The second-order valence-electron chi connectivity index (χ2n) is 5.78. The monoisotopic (exact) mass is 281 g/mol. The number of nitrogens with two attached hydrogens (primary N) is 1. The van der Waals surface area contributed by atoms with Gasteiger partial charge < -0.3 is 20.4 Å². The summed E-state index contributed by atoms with van der Waals surface area (Å²) in [5, 5.41) is 2.73. The van der Waals surface area contributed by atoms with Gasteiger partial charge in [0.2, 0.25) is 5.91 Å². The number of carbonyl (C=O) groups excluding carboxylic acids is 1. The van der Waals surface area contributed by atoms with Crippen LogP contribution in [0.5, 0.6) is 0 Å². The summed E-state index contributed by atoms with van der Waals surface area (Å²) in [7, 11) is 1.57. The van der Waals surface area contributed by atoms with Crippen LogP contribution in [0.4, 0.5) is 5.69 Å². The Morgan fingerprint density at radius 3 is 2.65 bits per heavy atom. The average molecular weight is 281 g/mol. The lowest BCUT2D eigenvalue weighted by atomic mass is 9.87. The van der Waals surface area contributed by atoms with E-state index in [9.17, 15) is 9.59 Å². The Kier molecular flexibility index (Phi) is 5.47. The molecule has 6 nitrogen and oxygen atoms in total. The molecule has 0 saturated carbocycles. The molecule has 0 spiro atoms. The average Bonchev–Trinajstić information content (AvgIpc) is 2.37. The molecule has 0 aromatic carbocycles. The van der Waals surface area contributed by atoms with Crippen LogP contribution in [0.2, 0.25) is 0 Å². The first-order valence-corrected chi connectivity index (χ1v) is 6.51. The molecule has 112 valence electrons. The zero-order valence-corrected chi connectivity index (χ0v) is 12.5. The number of hydrogen-bond donors (Lipinski definition) is 2. The third kappa shape index (κ3) is 4.47. The van der Waals surface area contributed by atoms with Gasteiger partial charge in [0, 0.05) is 25.9 Å². The molecule has 0 radical (unpaired) electrons. The molecule has 1 aromatic heterocycles. The van der Waals surface area contributed by atoms with Crippen LogP contribution in [0.3, 0.4) is 0 Å². The molecule has 6 heteroatoms. The molecule has 0 aliphatic carbocycles. The molecule has 1 atom stereocenters. The Labute approximate surface area is 118 Å². The van der Waals surface area contributed by atoms with Crippen LogP contribution in [0.1, 0.15) is 20.8 Å². The lowest BCUT2D eigenvalue weighted by Gasteiger charge is -2.25. The Morgan fingerprint density at radius 1 is 1.45 bits per heavy atom. The molecular formula is C14H23N3O3. The standard InChI is InChI=1S/C14H23N3O3/c1-14(2,3)12(15)13(19)16-10-5-6-11(18)17(9-10)7-8-20-4/h5-6,9,12H,7-8,15H2,1-4H3,(H,16,19). The summed E-state index contributed by atoms with van der Waals surface area (Å²) in [4.78, 5) is 23.6. The van der Waals surface area contributed by atoms with Gasteiger partial charge in [0.05, 0.1) is 18.3 Å². The number of anilines is 1. The van der Waals surface area contributed by atoms with Crippen molar-refractivity contribution < 1.29 is 9.53 Å². The zero-order valence-electron chi connectivity index (χ0n) is 12.5. The number of hydrogen-bond acceptors (Lipinski definition) is 4. The third-order valence-corrected chi connectivity index (χ3v) is 3.00. The summed E-state index contributed by atoms with van der Waals surface area (Å²) in [6.07, 6.45) is 1.59. The first-order chi connectivity index (χ1) is 9.25. The number of nitrogens with one attached hydrogen (secondary N) is 1. The van der Waals surface area contributed by atoms with E-state index in [1.54, 1.807) is 19.4 Å². The number of carbonyl (C=O) groups is 1. The van der Waals surface area contributed by atoms with Crippen LogP contribution in [-0.2, 0) is 16.1 Å². The molecule has 0 bridgehead atoms. The summed E-state index contributed by atoms with van der Waals surface area (Å²) >= 11 is 0. The summed E-state index contributed by atoms with van der Waals surface area (Å²) in [5.41, 5.74) is 5.97. The SMILES string of the molecule is COCCn1cc(NC(=O)C(N)C(C)(C)C)ccc1=O. The quantitative estimate of drug-likeness (QED) is 0.836. The van der Waals surface area contributed by atoms with E-state index in [2.05, 4.69) is 5.32 Å². The van der Waals surface area contributed by atoms with Gasteiger partial charge >= 0.3 is 0 Å². The van der Waals surface area contributed by atoms with E-state index in [-0.39, 0.29) is 16.9 Å². The second-order valence-corrected chi connectivity index (χ2v) is 5.78. The van der Waals surface area contributed by atoms with Crippen molar-refractivity contribution in [3.8, 4) is 0 Å². The predicted molar refractivity (Wildman–Crippen MR) is 78.6 cm³/mol. The topological polar surface area (TPSA) is 86.3 Å². The maximum absolute atomic E-state index is 12.0. The minimum Gasteiger partial charge on any atom is -0.383 e. The van der Waals surface area contributed by atoms with Gasteiger partial charge in [-0.05, 0) is 11.5 Å². The summed E-state index contributed by atoms with van der Waals surface area (Å²) in [5.74, 6) is -0.269. The summed E-state index contributed by atoms with van der Waals surface area (Å²) in [6.45, 7) is 6.56. The first-order valence-electron chi connectivity index (χ1n) is 6.51. The fraction of sp³-hybridized carbons (Fsp3) is 0.571. The van der Waals surface area contributed by atoms with Gasteiger partial charge in [-0.1, -0.05) is 20.8 Å². The van der Waals surface area contributed by atoms with E-state index in [1.165, 1.54) is 10.6 Å². The van der Waals surface area contributed by atoms with Gasteiger partial charge in [-0.25, -0.2) is 0 Å². The van der Waals surface area contributed by atoms with Crippen molar-refractivity contribution in [2.75, 3.05) is 19.0 Å². The highest BCUT2D eigenvalue weighted by molar-refractivity contribution is 5.95. The van der Waals surface area contributed by atoms with Crippen LogP contribution < -0.4 is 16.6 Å². The number of pyridine rings is 1. The van der Waals surface area contributed by atoms with Crippen LogP contribution in [-0.4, -0.2) is 30.2 Å². The minimum absolute atomic E-state index is 0.139. The normalized spacial score (nSPS) is 13.1. The first kappa shape index (κ1) is 16.4. The van der Waals surface area contributed by atoms with Crippen molar-refractivity contribution in [2.24, 2.45) is 11.1 Å². The lowest BCUT2D eigenvalue weighted by Crippen LogP contribution is -2.45. The molecule has 1 heterocycles. The van der Waals surface area contributed by atoms with Gasteiger partial charge in [-0.2, -0.15) is 0 Å². The molecule has 1 amide bonds. The van der Waals surface area contributed by atoms with Crippen molar-refractivity contribution in [1.29, 1.82) is 0 Å². The lowest BCUT2D eigenvalue weighted by molar-refractivity contribution is -0.119. The van der Waals surface area contributed by atoms with E-state index in [1.807, 2.05) is 20.8 Å². The highest BCUT2D eigenvalue weighted by Crippen LogP contribution is 2.18. The molecular weight excluding hydrogens is 258 g/mol. The maximum Gasteiger partial charge on any atom is 0.250 e. The Hall–Kier alpha value is -1.66. The summed E-state index contributed by atoms with van der Waals surface area (Å²) in [6, 6.07) is 2.36. The zero-order chi connectivity index (χ0) is 15.3. The summed E-state index contributed by atoms with van der Waals surface area (Å²) < 4.78 is 6.43. The van der Waals surface area contributed by atoms with Crippen molar-refractivity contribution >= 4 is 11.6 Å². The smallest absolute Gasteiger partial charge is 0.250 e. The van der Waals surface area contributed by atoms with Crippen molar-refractivity contribution in [3.63, 3.8) is 0 Å². The molecule has 0 saturated heterocycles. The molecule has 1 aromatic rings. The third-order valence-electron chi connectivity index (χ3n) is 3.00. The number of methoxy groups -OCH3 is 1. The van der Waals surface area contributed by atoms with Crippen molar-refractivity contribution in [2.45, 2.75) is 33.4 Å². The largest absolute Gasteiger partial charge is 0.383 e. The van der Waals surface area contributed by atoms with Gasteiger partial charge in [0.1, 0.15) is 0 Å². The molecule has 1 unspecified atom stereocenters. The van der Waals surface area contributed by atoms with Crippen molar-refractivity contribution in [3.05, 3.63) is 28.7 Å². The van der Waals surface area contributed by atoms with Crippen molar-refractivity contribution in [1.82, 2.24) is 4.57 Å². The minimum atomic E-state index is -0.623. The van der Waals surface area contributed by atoms with Crippen LogP contribution in [0.15, 0.2) is 23.1 Å². The maximum atomic E-state index is 12.0. The molecule has 0 aliphatic heterocycles. The van der Waals surface area contributed by atoms with E-state index in [0.29, 0.717) is 18.8 Å². The van der Waals surface area contributed by atoms with E-state index in [0.717, 1.165) is 0 Å². The van der Waals surface area contributed by atoms with Crippen LogP contribution in [0, 0.1) is 5.41 Å². The Bertz CT molecular complexity index is 517. The molecule has 20 heavy (non-hydrogen) atoms. The highest BCUT2D eigenvalue weighted by Gasteiger charge is 2.27. The molecule has 3 N–H and O–H groups in total. The van der Waals surface area contributed by atoms with E-state index in [4.69, 9.17) is 10.5 Å². The van der Waals surface area contributed by atoms with Gasteiger partial charge in [0.15, 0.2) is 0 Å². The van der Waals surface area contributed by atoms with Crippen LogP contribution in [0.25, 0.3) is 0 Å². The van der Waals surface area contributed by atoms with E-state index < -0.39 is 6.04 Å². The molecule has 0 aliphatic rings. The predicted octanol–water partition coefficient (Wildman–Crippen LogP) is 0.807. The molecule has 1 rings (SSSR count). The van der Waals surface area contributed by atoms with Crippen LogP contribution >= 0.6 is 0 Å². The van der Waals surface area contributed by atoms with Gasteiger partial charge in [0.25, 0.3) is 5.56 Å². The number of rotatable bonds is 5. The van der Waals surface area contributed by atoms with E-state index >= 15 is 0 Å². The second kappa shape index (κ2) is 6.67. The fourth-order valence-electron chi connectivity index (χ4n) is 1.58. The fourth-order valence-corrected chi connectivity index (χ4v) is 1.58. The van der Waals surface area contributed by atoms with Gasteiger partial charge in [-0.3, -0.25) is 9.59 Å².